The molecule has 0 atom stereocenters. The zero-order chi connectivity index (χ0) is 13.4. The van der Waals surface area contributed by atoms with Crippen LogP contribution in [0.2, 0.25) is 0 Å². The van der Waals surface area contributed by atoms with Crippen molar-refractivity contribution in [2.75, 3.05) is 38.3 Å². The minimum atomic E-state index is 0.0183. The van der Waals surface area contributed by atoms with Gasteiger partial charge in [-0.15, -0.1) is 0 Å². The van der Waals surface area contributed by atoms with Crippen LogP contribution in [0, 0.1) is 0 Å². The van der Waals surface area contributed by atoms with Crippen LogP contribution < -0.4 is 10.6 Å². The summed E-state index contributed by atoms with van der Waals surface area (Å²) in [6.07, 6.45) is 0. The molecule has 0 saturated heterocycles. The minimum absolute atomic E-state index is 0.0183. The van der Waals surface area contributed by atoms with Gasteiger partial charge in [-0.05, 0) is 12.1 Å². The Kier molecular flexibility index (Phi) is 5.96. The first kappa shape index (κ1) is 14.3. The van der Waals surface area contributed by atoms with Gasteiger partial charge in [-0.1, -0.05) is 17.3 Å². The lowest BCUT2D eigenvalue weighted by atomic mass is 10.1. The molecule has 1 aromatic rings. The van der Waals surface area contributed by atoms with Gasteiger partial charge in [0.15, 0.2) is 5.84 Å². The van der Waals surface area contributed by atoms with Gasteiger partial charge in [0, 0.05) is 24.8 Å². The Morgan fingerprint density at radius 3 is 2.78 bits per heavy atom. The second kappa shape index (κ2) is 7.52. The van der Waals surface area contributed by atoms with Crippen LogP contribution in [0.3, 0.4) is 0 Å². The van der Waals surface area contributed by atoms with Crippen LogP contribution in [-0.4, -0.2) is 49.6 Å². The van der Waals surface area contributed by atoms with E-state index in [9.17, 15) is 0 Å². The van der Waals surface area contributed by atoms with E-state index in [1.807, 2.05) is 30.1 Å². The lowest BCUT2D eigenvalue weighted by Gasteiger charge is -2.21. The monoisotopic (exact) mass is 253 g/mol. The fraction of sp³-hybridized carbons (Fsp3) is 0.417. The molecule has 1 aromatic carbocycles. The number of oxime groups is 1. The van der Waals surface area contributed by atoms with E-state index in [0.717, 1.165) is 5.69 Å². The van der Waals surface area contributed by atoms with Gasteiger partial charge in [0.2, 0.25) is 0 Å². The highest BCUT2D eigenvalue weighted by Crippen LogP contribution is 2.18. The van der Waals surface area contributed by atoms with Crippen LogP contribution in [0.5, 0.6) is 0 Å². The van der Waals surface area contributed by atoms with Gasteiger partial charge in [-0.2, -0.15) is 0 Å². The van der Waals surface area contributed by atoms with Crippen LogP contribution in [0.4, 0.5) is 5.69 Å². The minimum Gasteiger partial charge on any atom is -0.409 e. The van der Waals surface area contributed by atoms with Crippen molar-refractivity contribution in [1.29, 1.82) is 0 Å². The largest absolute Gasteiger partial charge is 0.409 e. The first-order chi connectivity index (χ1) is 8.70. The van der Waals surface area contributed by atoms with Crippen molar-refractivity contribution in [3.8, 4) is 0 Å². The number of hydrogen-bond acceptors (Lipinski definition) is 5. The molecule has 100 valence electrons. The molecule has 0 spiro atoms. The quantitative estimate of drug-likeness (QED) is 0.213. The van der Waals surface area contributed by atoms with E-state index in [2.05, 4.69) is 5.16 Å². The van der Waals surface area contributed by atoms with E-state index in [-0.39, 0.29) is 12.4 Å². The van der Waals surface area contributed by atoms with Crippen LogP contribution >= 0.6 is 0 Å². The van der Waals surface area contributed by atoms with Crippen LogP contribution in [0.1, 0.15) is 5.56 Å². The number of hydrogen-bond donors (Lipinski definition) is 3. The van der Waals surface area contributed by atoms with Gasteiger partial charge in [-0.3, -0.25) is 0 Å². The lowest BCUT2D eigenvalue weighted by molar-refractivity contribution is 0.0971. The number of rotatable bonds is 7. The Morgan fingerprint density at radius 2 is 2.11 bits per heavy atom. The Labute approximate surface area is 106 Å². The van der Waals surface area contributed by atoms with Gasteiger partial charge < -0.3 is 25.7 Å². The van der Waals surface area contributed by atoms with E-state index in [0.29, 0.717) is 25.3 Å². The number of ether oxygens (including phenoxy) is 1. The third kappa shape index (κ3) is 3.90. The summed E-state index contributed by atoms with van der Waals surface area (Å²) in [6.45, 7) is 1.50. The number of para-hydroxylation sites is 1. The molecule has 4 N–H and O–H groups in total. The molecule has 0 aliphatic rings. The molecular formula is C12H19N3O3. The molecule has 1 rings (SSSR count). The first-order valence-electron chi connectivity index (χ1n) is 5.67. The first-order valence-corrected chi connectivity index (χ1v) is 5.67. The second-order valence-corrected chi connectivity index (χ2v) is 3.76. The molecule has 18 heavy (non-hydrogen) atoms. The topological polar surface area (TPSA) is 91.3 Å². The molecule has 6 heteroatoms. The smallest absolute Gasteiger partial charge is 0.172 e. The highest BCUT2D eigenvalue weighted by atomic mass is 16.5. The third-order valence-corrected chi connectivity index (χ3v) is 2.51. The number of nitrogens with zero attached hydrogens (tertiary/aromatic N) is 2. The zero-order valence-corrected chi connectivity index (χ0v) is 10.4. The van der Waals surface area contributed by atoms with Crippen LogP contribution in [0.25, 0.3) is 0 Å². The maximum Gasteiger partial charge on any atom is 0.172 e. The summed E-state index contributed by atoms with van der Waals surface area (Å²) in [5, 5.41) is 20.3. The Hall–Kier alpha value is -1.79. The van der Waals surface area contributed by atoms with Gasteiger partial charge in [0.25, 0.3) is 0 Å². The Morgan fingerprint density at radius 1 is 1.39 bits per heavy atom. The normalized spacial score (nSPS) is 11.6. The van der Waals surface area contributed by atoms with Crippen molar-refractivity contribution >= 4 is 11.5 Å². The fourth-order valence-corrected chi connectivity index (χ4v) is 1.57. The van der Waals surface area contributed by atoms with E-state index < -0.39 is 0 Å². The van der Waals surface area contributed by atoms with Gasteiger partial charge in [0.05, 0.1) is 19.8 Å². The second-order valence-electron chi connectivity index (χ2n) is 3.76. The lowest BCUT2D eigenvalue weighted by Crippen LogP contribution is -2.26. The molecule has 6 nitrogen and oxygen atoms in total. The molecule has 0 heterocycles. The number of anilines is 1. The SMILES string of the molecule is CN(CCOCCO)c1ccccc1/C(N)=N/O. The molecular weight excluding hydrogens is 234 g/mol. The van der Waals surface area contributed by atoms with E-state index in [1.165, 1.54) is 0 Å². The van der Waals surface area contributed by atoms with Gasteiger partial charge >= 0.3 is 0 Å². The maximum atomic E-state index is 8.73. The number of aliphatic hydroxyl groups excluding tert-OH is 1. The summed E-state index contributed by atoms with van der Waals surface area (Å²) >= 11 is 0. The van der Waals surface area contributed by atoms with Crippen molar-refractivity contribution < 1.29 is 15.1 Å². The van der Waals surface area contributed by atoms with Gasteiger partial charge in [0.1, 0.15) is 0 Å². The van der Waals surface area contributed by atoms with E-state index >= 15 is 0 Å². The average molecular weight is 253 g/mol. The highest BCUT2D eigenvalue weighted by molar-refractivity contribution is 6.02. The van der Waals surface area contributed by atoms with Crippen LogP contribution in [0.15, 0.2) is 29.4 Å². The van der Waals surface area contributed by atoms with Crippen molar-refractivity contribution in [3.05, 3.63) is 29.8 Å². The summed E-state index contributed by atoms with van der Waals surface area (Å²) < 4.78 is 5.20. The molecule has 0 fully saturated rings. The maximum absolute atomic E-state index is 8.73. The molecule has 0 radical (unpaired) electrons. The molecule has 0 aliphatic carbocycles. The summed E-state index contributed by atoms with van der Waals surface area (Å²) in [4.78, 5) is 1.95. The molecule has 0 amide bonds. The predicted octanol–water partition coefficient (Wildman–Crippen LogP) is 0.226. The number of likely N-dealkylation sites (N-methyl/N-ethyl adjacent to an activating group) is 1. The van der Waals surface area contributed by atoms with Gasteiger partial charge in [-0.25, -0.2) is 0 Å². The molecule has 0 aromatic heterocycles. The Balaban J connectivity index is 2.70. The molecule has 0 saturated carbocycles. The summed E-state index contributed by atoms with van der Waals surface area (Å²) in [5.74, 6) is 0.0775. The number of amidine groups is 1. The summed E-state index contributed by atoms with van der Waals surface area (Å²) in [6, 6.07) is 7.39. The number of benzene rings is 1. The average Bonchev–Trinajstić information content (AvgIpc) is 2.42. The summed E-state index contributed by atoms with van der Waals surface area (Å²) in [7, 11) is 1.89. The van der Waals surface area contributed by atoms with E-state index in [4.69, 9.17) is 20.8 Å². The zero-order valence-electron chi connectivity index (χ0n) is 10.4. The highest BCUT2D eigenvalue weighted by Gasteiger charge is 2.09. The van der Waals surface area contributed by atoms with E-state index in [1.54, 1.807) is 6.07 Å². The van der Waals surface area contributed by atoms with Crippen molar-refractivity contribution in [2.45, 2.75) is 0 Å². The fourth-order valence-electron chi connectivity index (χ4n) is 1.57. The summed E-state index contributed by atoms with van der Waals surface area (Å²) in [5.41, 5.74) is 7.15. The Bertz CT molecular complexity index is 396. The van der Waals surface area contributed by atoms with Crippen molar-refractivity contribution in [2.24, 2.45) is 10.9 Å². The molecule has 0 unspecified atom stereocenters. The predicted molar refractivity (Wildman–Crippen MR) is 70.1 cm³/mol. The molecule has 0 bridgehead atoms. The van der Waals surface area contributed by atoms with Crippen molar-refractivity contribution in [3.63, 3.8) is 0 Å². The number of nitrogens with two attached hydrogens (primary N) is 1. The van der Waals surface area contributed by atoms with Crippen molar-refractivity contribution in [1.82, 2.24) is 0 Å². The molecule has 0 aliphatic heterocycles. The standard InChI is InChI=1S/C12H19N3O3/c1-15(6-8-18-9-7-16)11-5-3-2-4-10(11)12(13)14-17/h2-5,16-17H,6-9H2,1H3,(H2,13,14). The number of aliphatic hydroxyl groups is 1. The third-order valence-electron chi connectivity index (χ3n) is 2.51. The van der Waals surface area contributed by atoms with Crippen LogP contribution in [-0.2, 0) is 4.74 Å².